The first-order valence-corrected chi connectivity index (χ1v) is 6.30. The van der Waals surface area contributed by atoms with E-state index in [-0.39, 0.29) is 6.04 Å². The molecule has 0 aliphatic carbocycles. The van der Waals surface area contributed by atoms with Crippen LogP contribution in [0, 0.1) is 13.8 Å². The molecule has 2 N–H and O–H groups in total. The largest absolute Gasteiger partial charge is 0.320 e. The molecule has 3 heteroatoms. The number of hydrogen-bond donors (Lipinski definition) is 1. The van der Waals surface area contributed by atoms with E-state index in [1.165, 1.54) is 5.56 Å². The van der Waals surface area contributed by atoms with Crippen molar-refractivity contribution >= 4 is 15.9 Å². The lowest BCUT2D eigenvalue weighted by Gasteiger charge is -2.15. The number of halogens is 1. The van der Waals surface area contributed by atoms with E-state index in [4.69, 9.17) is 5.73 Å². The molecule has 17 heavy (non-hydrogen) atoms. The molecule has 2 nitrogen and oxygen atoms in total. The fourth-order valence-corrected chi connectivity index (χ4v) is 2.55. The van der Waals surface area contributed by atoms with Crippen LogP contribution in [0.15, 0.2) is 41.1 Å². The highest BCUT2D eigenvalue weighted by molar-refractivity contribution is 9.10. The van der Waals surface area contributed by atoms with Crippen LogP contribution >= 0.6 is 15.9 Å². The van der Waals surface area contributed by atoms with Gasteiger partial charge in [-0.2, -0.15) is 0 Å². The van der Waals surface area contributed by atoms with Gasteiger partial charge >= 0.3 is 0 Å². The lowest BCUT2D eigenvalue weighted by atomic mass is 9.99. The lowest BCUT2D eigenvalue weighted by molar-refractivity contribution is 0.854. The number of rotatable bonds is 2. The summed E-state index contributed by atoms with van der Waals surface area (Å²) in [5.41, 5.74) is 10.7. The first-order chi connectivity index (χ1) is 8.08. The van der Waals surface area contributed by atoms with Crippen LogP contribution in [-0.2, 0) is 0 Å². The predicted octanol–water partition coefficient (Wildman–Crippen LogP) is 3.51. The smallest absolute Gasteiger partial charge is 0.0578 e. The summed E-state index contributed by atoms with van der Waals surface area (Å²) in [4.78, 5) is 4.18. The van der Waals surface area contributed by atoms with Crippen LogP contribution in [0.25, 0.3) is 0 Å². The number of pyridine rings is 1. The van der Waals surface area contributed by atoms with Crippen LogP contribution in [0.1, 0.15) is 28.3 Å². The maximum atomic E-state index is 6.27. The first-order valence-electron chi connectivity index (χ1n) is 5.51. The van der Waals surface area contributed by atoms with Crippen molar-refractivity contribution in [1.29, 1.82) is 0 Å². The van der Waals surface area contributed by atoms with Crippen LogP contribution in [0.4, 0.5) is 0 Å². The molecule has 1 heterocycles. The van der Waals surface area contributed by atoms with Crippen molar-refractivity contribution in [3.63, 3.8) is 0 Å². The van der Waals surface area contributed by atoms with Gasteiger partial charge in [-0.15, -0.1) is 0 Å². The molecule has 0 spiro atoms. The molecule has 0 fully saturated rings. The molecule has 1 aromatic carbocycles. The lowest BCUT2D eigenvalue weighted by Crippen LogP contribution is -2.13. The van der Waals surface area contributed by atoms with Gasteiger partial charge in [0.2, 0.25) is 0 Å². The van der Waals surface area contributed by atoms with Crippen LogP contribution in [-0.4, -0.2) is 4.98 Å². The maximum absolute atomic E-state index is 6.27. The third kappa shape index (κ3) is 2.73. The van der Waals surface area contributed by atoms with E-state index in [2.05, 4.69) is 52.1 Å². The van der Waals surface area contributed by atoms with Crippen LogP contribution in [0.5, 0.6) is 0 Å². The van der Waals surface area contributed by atoms with Gasteiger partial charge in [0.05, 0.1) is 6.04 Å². The average molecular weight is 291 g/mol. The van der Waals surface area contributed by atoms with Crippen molar-refractivity contribution in [2.75, 3.05) is 0 Å². The second kappa shape index (κ2) is 4.98. The Kier molecular flexibility index (Phi) is 3.60. The van der Waals surface area contributed by atoms with E-state index in [9.17, 15) is 0 Å². The molecule has 0 saturated carbocycles. The molecule has 0 amide bonds. The molecule has 0 saturated heterocycles. The number of aryl methyl sites for hydroxylation is 2. The average Bonchev–Trinajstić information content (AvgIpc) is 2.28. The Balaban J connectivity index is 2.40. The van der Waals surface area contributed by atoms with Crippen LogP contribution in [0.2, 0.25) is 0 Å². The summed E-state index contributed by atoms with van der Waals surface area (Å²) in [6.07, 6.45) is 3.66. The van der Waals surface area contributed by atoms with Crippen molar-refractivity contribution < 1.29 is 0 Å². The van der Waals surface area contributed by atoms with Gasteiger partial charge in [-0.3, -0.25) is 4.98 Å². The Labute approximate surface area is 110 Å². The highest BCUT2D eigenvalue weighted by atomic mass is 79.9. The summed E-state index contributed by atoms with van der Waals surface area (Å²) < 4.78 is 1.05. The monoisotopic (exact) mass is 290 g/mol. The van der Waals surface area contributed by atoms with Crippen molar-refractivity contribution in [2.45, 2.75) is 19.9 Å². The van der Waals surface area contributed by atoms with Crippen molar-refractivity contribution in [3.05, 3.63) is 63.4 Å². The predicted molar refractivity (Wildman–Crippen MR) is 73.9 cm³/mol. The van der Waals surface area contributed by atoms with Gasteiger partial charge in [0, 0.05) is 16.9 Å². The fourth-order valence-electron chi connectivity index (χ4n) is 1.81. The zero-order chi connectivity index (χ0) is 12.4. The van der Waals surface area contributed by atoms with Crippen LogP contribution < -0.4 is 5.73 Å². The Morgan fingerprint density at radius 3 is 2.53 bits per heavy atom. The third-order valence-corrected chi connectivity index (χ3v) is 3.43. The summed E-state index contributed by atoms with van der Waals surface area (Å²) in [5.74, 6) is 0. The molecule has 1 atom stereocenters. The minimum absolute atomic E-state index is 0.141. The van der Waals surface area contributed by atoms with Gasteiger partial charge in [-0.25, -0.2) is 0 Å². The first kappa shape index (κ1) is 12.3. The molecule has 88 valence electrons. The standard InChI is InChI=1S/C14H15BrN2/c1-9-3-4-12(13(15)6-9)14(16)11-5-10(2)7-17-8-11/h3-8,14H,16H2,1-2H3. The molecular weight excluding hydrogens is 276 g/mol. The van der Waals surface area contributed by atoms with Gasteiger partial charge < -0.3 is 5.73 Å². The van der Waals surface area contributed by atoms with E-state index >= 15 is 0 Å². The van der Waals surface area contributed by atoms with E-state index in [0.29, 0.717) is 0 Å². The number of benzene rings is 1. The van der Waals surface area contributed by atoms with Gasteiger partial charge in [0.25, 0.3) is 0 Å². The highest BCUT2D eigenvalue weighted by Crippen LogP contribution is 2.27. The Morgan fingerprint density at radius 2 is 1.88 bits per heavy atom. The topological polar surface area (TPSA) is 38.9 Å². The Bertz CT molecular complexity index is 537. The van der Waals surface area contributed by atoms with Gasteiger partial charge in [-0.05, 0) is 42.2 Å². The van der Waals surface area contributed by atoms with Gasteiger partial charge in [0.15, 0.2) is 0 Å². The molecule has 0 aliphatic heterocycles. The zero-order valence-electron chi connectivity index (χ0n) is 9.94. The summed E-state index contributed by atoms with van der Waals surface area (Å²) in [6, 6.07) is 8.15. The quantitative estimate of drug-likeness (QED) is 0.919. The fraction of sp³-hybridized carbons (Fsp3) is 0.214. The number of nitrogens with zero attached hydrogens (tertiary/aromatic N) is 1. The second-order valence-electron chi connectivity index (χ2n) is 4.30. The molecule has 0 aliphatic rings. The molecular formula is C14H15BrN2. The molecule has 2 aromatic rings. The van der Waals surface area contributed by atoms with Crippen molar-refractivity contribution in [1.82, 2.24) is 4.98 Å². The van der Waals surface area contributed by atoms with E-state index in [0.717, 1.165) is 21.2 Å². The van der Waals surface area contributed by atoms with Gasteiger partial charge in [0.1, 0.15) is 0 Å². The molecule has 2 rings (SSSR count). The van der Waals surface area contributed by atoms with Gasteiger partial charge in [-0.1, -0.05) is 34.1 Å². The normalized spacial score (nSPS) is 12.5. The van der Waals surface area contributed by atoms with E-state index in [1.54, 1.807) is 0 Å². The summed E-state index contributed by atoms with van der Waals surface area (Å²) in [5, 5.41) is 0. The molecule has 1 aromatic heterocycles. The number of aromatic nitrogens is 1. The summed E-state index contributed by atoms with van der Waals surface area (Å²) in [7, 11) is 0. The van der Waals surface area contributed by atoms with Crippen molar-refractivity contribution in [3.8, 4) is 0 Å². The van der Waals surface area contributed by atoms with Crippen LogP contribution in [0.3, 0.4) is 0 Å². The highest BCUT2D eigenvalue weighted by Gasteiger charge is 2.12. The molecule has 1 unspecified atom stereocenters. The molecule has 0 bridgehead atoms. The maximum Gasteiger partial charge on any atom is 0.0578 e. The third-order valence-electron chi connectivity index (χ3n) is 2.75. The SMILES string of the molecule is Cc1cncc(C(N)c2ccc(C)cc2Br)c1. The zero-order valence-corrected chi connectivity index (χ0v) is 11.5. The number of hydrogen-bond acceptors (Lipinski definition) is 2. The minimum Gasteiger partial charge on any atom is -0.320 e. The second-order valence-corrected chi connectivity index (χ2v) is 5.15. The summed E-state index contributed by atoms with van der Waals surface area (Å²) in [6.45, 7) is 4.09. The van der Waals surface area contributed by atoms with E-state index in [1.807, 2.05) is 19.3 Å². The summed E-state index contributed by atoms with van der Waals surface area (Å²) >= 11 is 3.56. The Hall–Kier alpha value is -1.19. The van der Waals surface area contributed by atoms with Crippen molar-refractivity contribution in [2.24, 2.45) is 5.73 Å². The number of nitrogens with two attached hydrogens (primary N) is 1. The Morgan fingerprint density at radius 1 is 1.12 bits per heavy atom. The van der Waals surface area contributed by atoms with E-state index < -0.39 is 0 Å². The molecule has 0 radical (unpaired) electrons. The minimum atomic E-state index is -0.141.